The van der Waals surface area contributed by atoms with Gasteiger partial charge >= 0.3 is 0 Å². The average Bonchev–Trinajstić information content (AvgIpc) is 2.89. The molecular formula is C11H16ClNO2S. The molecule has 2 rings (SSSR count). The molecule has 0 radical (unpaired) electrons. The van der Waals surface area contributed by atoms with E-state index in [-0.39, 0.29) is 0 Å². The molecule has 2 heterocycles. The van der Waals surface area contributed by atoms with Crippen molar-refractivity contribution in [2.45, 2.75) is 19.1 Å². The predicted molar refractivity (Wildman–Crippen MR) is 66.2 cm³/mol. The van der Waals surface area contributed by atoms with Gasteiger partial charge in [0.2, 0.25) is 0 Å². The molecule has 0 aliphatic carbocycles. The van der Waals surface area contributed by atoms with E-state index in [9.17, 15) is 0 Å². The summed E-state index contributed by atoms with van der Waals surface area (Å²) in [6.45, 7) is 4.06. The third kappa shape index (κ3) is 4.03. The van der Waals surface area contributed by atoms with Crippen LogP contribution < -0.4 is 5.32 Å². The minimum atomic E-state index is 0.304. The molecule has 1 aliphatic heterocycles. The van der Waals surface area contributed by atoms with Crippen molar-refractivity contribution < 1.29 is 9.47 Å². The van der Waals surface area contributed by atoms with E-state index in [1.54, 1.807) is 11.3 Å². The van der Waals surface area contributed by atoms with Gasteiger partial charge in [0, 0.05) is 24.6 Å². The van der Waals surface area contributed by atoms with Crippen LogP contribution >= 0.6 is 22.9 Å². The third-order valence-electron chi connectivity index (χ3n) is 2.45. The third-order valence-corrected chi connectivity index (χ3v) is 3.68. The molecule has 1 aromatic rings. The molecule has 3 nitrogen and oxygen atoms in total. The van der Waals surface area contributed by atoms with Gasteiger partial charge in [-0.1, -0.05) is 11.6 Å². The van der Waals surface area contributed by atoms with Gasteiger partial charge in [-0.15, -0.1) is 11.3 Å². The fourth-order valence-electron chi connectivity index (χ4n) is 1.60. The SMILES string of the molecule is Clc1ccc(CNCCOC2CCOC2)s1. The Morgan fingerprint density at radius 3 is 3.19 bits per heavy atom. The van der Waals surface area contributed by atoms with Crippen LogP contribution in [0.5, 0.6) is 0 Å². The van der Waals surface area contributed by atoms with E-state index in [0.29, 0.717) is 6.10 Å². The highest BCUT2D eigenvalue weighted by atomic mass is 35.5. The number of hydrogen-bond donors (Lipinski definition) is 1. The van der Waals surface area contributed by atoms with Crippen molar-refractivity contribution >= 4 is 22.9 Å². The van der Waals surface area contributed by atoms with Gasteiger partial charge in [0.15, 0.2) is 0 Å². The highest BCUT2D eigenvalue weighted by molar-refractivity contribution is 7.16. The predicted octanol–water partition coefficient (Wildman–Crippen LogP) is 2.30. The van der Waals surface area contributed by atoms with Crippen molar-refractivity contribution in [2.24, 2.45) is 0 Å². The lowest BCUT2D eigenvalue weighted by atomic mass is 10.3. The number of thiophene rings is 1. The molecule has 1 atom stereocenters. The van der Waals surface area contributed by atoms with Crippen LogP contribution in [0.3, 0.4) is 0 Å². The van der Waals surface area contributed by atoms with Crippen molar-refractivity contribution in [3.63, 3.8) is 0 Å². The zero-order valence-electron chi connectivity index (χ0n) is 9.08. The van der Waals surface area contributed by atoms with E-state index in [2.05, 4.69) is 5.32 Å². The largest absolute Gasteiger partial charge is 0.379 e. The number of halogens is 1. The first-order valence-corrected chi connectivity index (χ1v) is 6.68. The maximum Gasteiger partial charge on any atom is 0.0931 e. The molecule has 0 amide bonds. The summed E-state index contributed by atoms with van der Waals surface area (Å²) in [5.74, 6) is 0. The van der Waals surface area contributed by atoms with Crippen LogP contribution in [0.2, 0.25) is 4.34 Å². The smallest absolute Gasteiger partial charge is 0.0931 e. The van der Waals surface area contributed by atoms with Gasteiger partial charge in [-0.05, 0) is 18.6 Å². The Bertz CT molecular complexity index is 313. The first-order valence-electron chi connectivity index (χ1n) is 5.49. The Hall–Kier alpha value is -0.130. The van der Waals surface area contributed by atoms with E-state index in [1.807, 2.05) is 12.1 Å². The van der Waals surface area contributed by atoms with E-state index in [1.165, 1.54) is 4.88 Å². The average molecular weight is 262 g/mol. The monoisotopic (exact) mass is 261 g/mol. The van der Waals surface area contributed by atoms with E-state index in [0.717, 1.165) is 43.7 Å². The van der Waals surface area contributed by atoms with Crippen LogP contribution in [0.25, 0.3) is 0 Å². The second-order valence-corrected chi connectivity index (χ2v) is 5.54. The molecule has 16 heavy (non-hydrogen) atoms. The zero-order chi connectivity index (χ0) is 11.2. The first kappa shape index (κ1) is 12.3. The Kier molecular flexibility index (Phi) is 5.06. The van der Waals surface area contributed by atoms with Gasteiger partial charge in [0.05, 0.1) is 23.7 Å². The van der Waals surface area contributed by atoms with Gasteiger partial charge < -0.3 is 14.8 Å². The van der Waals surface area contributed by atoms with Gasteiger partial charge in [-0.3, -0.25) is 0 Å². The normalized spacial score (nSPS) is 20.4. The van der Waals surface area contributed by atoms with Gasteiger partial charge in [-0.25, -0.2) is 0 Å². The Balaban J connectivity index is 1.51. The minimum Gasteiger partial charge on any atom is -0.379 e. The summed E-state index contributed by atoms with van der Waals surface area (Å²) in [5.41, 5.74) is 0. The van der Waals surface area contributed by atoms with Crippen molar-refractivity contribution in [3.05, 3.63) is 21.3 Å². The molecule has 90 valence electrons. The highest BCUT2D eigenvalue weighted by Crippen LogP contribution is 2.20. The van der Waals surface area contributed by atoms with Crippen molar-refractivity contribution in [1.29, 1.82) is 0 Å². The van der Waals surface area contributed by atoms with Crippen LogP contribution in [0.1, 0.15) is 11.3 Å². The number of nitrogens with one attached hydrogen (secondary N) is 1. The van der Waals surface area contributed by atoms with Crippen LogP contribution in [0.4, 0.5) is 0 Å². The summed E-state index contributed by atoms with van der Waals surface area (Å²) in [5, 5.41) is 3.32. The number of hydrogen-bond acceptors (Lipinski definition) is 4. The van der Waals surface area contributed by atoms with Crippen molar-refractivity contribution in [2.75, 3.05) is 26.4 Å². The molecule has 0 spiro atoms. The van der Waals surface area contributed by atoms with Crippen molar-refractivity contribution in [3.8, 4) is 0 Å². The van der Waals surface area contributed by atoms with Crippen molar-refractivity contribution in [1.82, 2.24) is 5.32 Å². The van der Waals surface area contributed by atoms with Gasteiger partial charge in [-0.2, -0.15) is 0 Å². The van der Waals surface area contributed by atoms with E-state index < -0.39 is 0 Å². The fourth-order valence-corrected chi connectivity index (χ4v) is 2.66. The summed E-state index contributed by atoms with van der Waals surface area (Å²) >= 11 is 7.45. The molecule has 1 unspecified atom stereocenters. The lowest BCUT2D eigenvalue weighted by molar-refractivity contribution is 0.0444. The maximum atomic E-state index is 5.84. The second-order valence-electron chi connectivity index (χ2n) is 3.74. The molecule has 0 bridgehead atoms. The zero-order valence-corrected chi connectivity index (χ0v) is 10.6. The first-order chi connectivity index (χ1) is 7.84. The summed E-state index contributed by atoms with van der Waals surface area (Å²) in [7, 11) is 0. The summed E-state index contributed by atoms with van der Waals surface area (Å²) in [6.07, 6.45) is 1.33. The van der Waals surface area contributed by atoms with Crippen LogP contribution in [-0.2, 0) is 16.0 Å². The summed E-state index contributed by atoms with van der Waals surface area (Å²) in [6, 6.07) is 3.97. The molecule has 1 aliphatic rings. The van der Waals surface area contributed by atoms with Crippen LogP contribution in [0.15, 0.2) is 12.1 Å². The molecule has 0 saturated carbocycles. The quantitative estimate of drug-likeness (QED) is 0.797. The molecule has 1 aromatic heterocycles. The second kappa shape index (κ2) is 6.57. The fraction of sp³-hybridized carbons (Fsp3) is 0.636. The molecule has 1 fully saturated rings. The molecule has 5 heteroatoms. The topological polar surface area (TPSA) is 30.5 Å². The lowest BCUT2D eigenvalue weighted by Gasteiger charge is -2.09. The maximum absolute atomic E-state index is 5.84. The van der Waals surface area contributed by atoms with E-state index >= 15 is 0 Å². The molecule has 1 saturated heterocycles. The number of rotatable bonds is 6. The van der Waals surface area contributed by atoms with Gasteiger partial charge in [0.25, 0.3) is 0 Å². The lowest BCUT2D eigenvalue weighted by Crippen LogP contribution is -2.22. The summed E-state index contributed by atoms with van der Waals surface area (Å²) < 4.78 is 11.7. The number of ether oxygens (including phenoxy) is 2. The van der Waals surface area contributed by atoms with Crippen LogP contribution in [0, 0.1) is 0 Å². The summed E-state index contributed by atoms with van der Waals surface area (Å²) in [4.78, 5) is 1.26. The molecular weight excluding hydrogens is 246 g/mol. The van der Waals surface area contributed by atoms with Crippen LogP contribution in [-0.4, -0.2) is 32.5 Å². The van der Waals surface area contributed by atoms with E-state index in [4.69, 9.17) is 21.1 Å². The molecule has 1 N–H and O–H groups in total. The molecule has 0 aromatic carbocycles. The Morgan fingerprint density at radius 2 is 2.50 bits per heavy atom. The minimum absolute atomic E-state index is 0.304. The highest BCUT2D eigenvalue weighted by Gasteiger charge is 2.15. The Morgan fingerprint density at radius 1 is 1.56 bits per heavy atom. The van der Waals surface area contributed by atoms with Gasteiger partial charge in [0.1, 0.15) is 0 Å². The standard InChI is InChI=1S/C11H16ClNO2S/c12-11-2-1-10(16-11)7-13-4-6-15-9-3-5-14-8-9/h1-2,9,13H,3-8H2. The Labute approximate surface area is 105 Å².